The Balaban J connectivity index is 2.45. The van der Waals surface area contributed by atoms with Crippen molar-refractivity contribution < 1.29 is 14.6 Å². The van der Waals surface area contributed by atoms with Gasteiger partial charge in [-0.15, -0.1) is 0 Å². The number of benzene rings is 1. The number of hydrogen-bond donors (Lipinski definition) is 1. The molecule has 18 heavy (non-hydrogen) atoms. The number of ether oxygens (including phenoxy) is 2. The second-order valence-electron chi connectivity index (χ2n) is 5.06. The summed E-state index contributed by atoms with van der Waals surface area (Å²) in [6.07, 6.45) is 1.18. The largest absolute Gasteiger partial charge is 0.493 e. The SMILES string of the molecule is CCC(O)c1ccc(OCCC(C)(C)OC)cc1. The zero-order valence-electron chi connectivity index (χ0n) is 11.8. The maximum absolute atomic E-state index is 9.68. The molecule has 3 nitrogen and oxygen atoms in total. The molecule has 1 N–H and O–H groups in total. The molecule has 1 aromatic rings. The van der Waals surface area contributed by atoms with E-state index in [-0.39, 0.29) is 11.7 Å². The van der Waals surface area contributed by atoms with Crippen LogP contribution in [-0.4, -0.2) is 24.4 Å². The fourth-order valence-corrected chi connectivity index (χ4v) is 1.54. The Morgan fingerprint density at radius 3 is 2.33 bits per heavy atom. The van der Waals surface area contributed by atoms with Crippen LogP contribution in [0, 0.1) is 0 Å². The van der Waals surface area contributed by atoms with E-state index in [4.69, 9.17) is 9.47 Å². The van der Waals surface area contributed by atoms with Gasteiger partial charge >= 0.3 is 0 Å². The molecule has 0 saturated heterocycles. The minimum Gasteiger partial charge on any atom is -0.493 e. The minimum atomic E-state index is -0.383. The van der Waals surface area contributed by atoms with Gasteiger partial charge in [0.2, 0.25) is 0 Å². The summed E-state index contributed by atoms with van der Waals surface area (Å²) in [5.74, 6) is 0.828. The molecule has 0 bridgehead atoms. The third-order valence-electron chi connectivity index (χ3n) is 3.18. The fourth-order valence-electron chi connectivity index (χ4n) is 1.54. The molecule has 0 radical (unpaired) electrons. The van der Waals surface area contributed by atoms with E-state index < -0.39 is 0 Å². The van der Waals surface area contributed by atoms with Gasteiger partial charge in [0.25, 0.3) is 0 Å². The first-order chi connectivity index (χ1) is 8.48. The molecular formula is C15H24O3. The van der Waals surface area contributed by atoms with E-state index in [0.717, 1.165) is 24.2 Å². The highest BCUT2D eigenvalue weighted by atomic mass is 16.5. The van der Waals surface area contributed by atoms with Crippen molar-refractivity contribution in [2.45, 2.75) is 45.3 Å². The van der Waals surface area contributed by atoms with Crippen molar-refractivity contribution in [2.75, 3.05) is 13.7 Å². The Kier molecular flexibility index (Phi) is 5.63. The van der Waals surface area contributed by atoms with Gasteiger partial charge in [-0.05, 0) is 38.0 Å². The first-order valence-electron chi connectivity index (χ1n) is 6.44. The number of rotatable bonds is 7. The molecule has 1 atom stereocenters. The molecular weight excluding hydrogens is 228 g/mol. The van der Waals surface area contributed by atoms with Gasteiger partial charge in [-0.2, -0.15) is 0 Å². The highest BCUT2D eigenvalue weighted by Crippen LogP contribution is 2.20. The summed E-state index contributed by atoms with van der Waals surface area (Å²) in [6.45, 7) is 6.66. The topological polar surface area (TPSA) is 38.7 Å². The van der Waals surface area contributed by atoms with Crippen LogP contribution in [0.4, 0.5) is 0 Å². The molecule has 1 unspecified atom stereocenters. The van der Waals surface area contributed by atoms with Crippen LogP contribution in [0.5, 0.6) is 5.75 Å². The maximum Gasteiger partial charge on any atom is 0.119 e. The van der Waals surface area contributed by atoms with Crippen LogP contribution in [0.15, 0.2) is 24.3 Å². The molecule has 0 heterocycles. The van der Waals surface area contributed by atoms with E-state index in [9.17, 15) is 5.11 Å². The standard InChI is InChI=1S/C15H24O3/c1-5-14(16)12-6-8-13(9-7-12)18-11-10-15(2,3)17-4/h6-9,14,16H,5,10-11H2,1-4H3. The second kappa shape index (κ2) is 6.76. The lowest BCUT2D eigenvalue weighted by molar-refractivity contribution is 0.00545. The highest BCUT2D eigenvalue weighted by Gasteiger charge is 2.15. The molecule has 0 aliphatic heterocycles. The van der Waals surface area contributed by atoms with Gasteiger partial charge < -0.3 is 14.6 Å². The van der Waals surface area contributed by atoms with Crippen molar-refractivity contribution in [2.24, 2.45) is 0 Å². The van der Waals surface area contributed by atoms with Crippen molar-refractivity contribution in [3.05, 3.63) is 29.8 Å². The molecule has 0 aliphatic carbocycles. The van der Waals surface area contributed by atoms with Crippen LogP contribution in [-0.2, 0) is 4.74 Å². The first-order valence-corrected chi connectivity index (χ1v) is 6.44. The Labute approximate surface area is 110 Å². The van der Waals surface area contributed by atoms with Crippen LogP contribution in [0.25, 0.3) is 0 Å². The monoisotopic (exact) mass is 252 g/mol. The maximum atomic E-state index is 9.68. The molecule has 0 aromatic heterocycles. The molecule has 102 valence electrons. The molecule has 0 amide bonds. The summed E-state index contributed by atoms with van der Waals surface area (Å²) < 4.78 is 11.0. The average Bonchev–Trinajstić information content (AvgIpc) is 2.38. The number of aliphatic hydroxyl groups excluding tert-OH is 1. The lowest BCUT2D eigenvalue weighted by Gasteiger charge is -2.22. The van der Waals surface area contributed by atoms with Crippen molar-refractivity contribution in [1.29, 1.82) is 0 Å². The van der Waals surface area contributed by atoms with E-state index in [1.807, 2.05) is 45.0 Å². The molecule has 0 aliphatic rings. The van der Waals surface area contributed by atoms with Crippen LogP contribution in [0.1, 0.15) is 45.3 Å². The predicted octanol–water partition coefficient (Wildman–Crippen LogP) is 3.32. The van der Waals surface area contributed by atoms with Crippen molar-refractivity contribution >= 4 is 0 Å². The Morgan fingerprint density at radius 2 is 1.83 bits per heavy atom. The van der Waals surface area contributed by atoms with Gasteiger partial charge in [-0.25, -0.2) is 0 Å². The molecule has 1 aromatic carbocycles. The first kappa shape index (κ1) is 15.0. The van der Waals surface area contributed by atoms with Gasteiger partial charge in [-0.1, -0.05) is 19.1 Å². The molecule has 1 rings (SSSR count). The predicted molar refractivity (Wildman–Crippen MR) is 72.9 cm³/mol. The summed E-state index contributed by atoms with van der Waals surface area (Å²) >= 11 is 0. The van der Waals surface area contributed by atoms with Crippen molar-refractivity contribution in [3.63, 3.8) is 0 Å². The van der Waals surface area contributed by atoms with Gasteiger partial charge in [0.15, 0.2) is 0 Å². The van der Waals surface area contributed by atoms with Crippen LogP contribution >= 0.6 is 0 Å². The Hall–Kier alpha value is -1.06. The van der Waals surface area contributed by atoms with Gasteiger partial charge in [-0.3, -0.25) is 0 Å². The van der Waals surface area contributed by atoms with E-state index in [1.54, 1.807) is 7.11 Å². The molecule has 3 heteroatoms. The zero-order valence-corrected chi connectivity index (χ0v) is 11.8. The number of aliphatic hydroxyl groups is 1. The summed E-state index contributed by atoms with van der Waals surface area (Å²) in [6, 6.07) is 7.61. The van der Waals surface area contributed by atoms with Gasteiger partial charge in [0.1, 0.15) is 5.75 Å². The van der Waals surface area contributed by atoms with Gasteiger partial charge in [0.05, 0.1) is 18.3 Å². The summed E-state index contributed by atoms with van der Waals surface area (Å²) in [7, 11) is 1.71. The van der Waals surface area contributed by atoms with E-state index >= 15 is 0 Å². The van der Waals surface area contributed by atoms with Crippen molar-refractivity contribution in [3.8, 4) is 5.75 Å². The lowest BCUT2D eigenvalue weighted by atomic mass is 10.1. The number of hydrogen-bond acceptors (Lipinski definition) is 3. The Morgan fingerprint density at radius 1 is 1.22 bits per heavy atom. The highest BCUT2D eigenvalue weighted by molar-refractivity contribution is 5.28. The van der Waals surface area contributed by atoms with E-state index in [0.29, 0.717) is 6.61 Å². The fraction of sp³-hybridized carbons (Fsp3) is 0.600. The smallest absolute Gasteiger partial charge is 0.119 e. The summed E-state index contributed by atoms with van der Waals surface area (Å²) in [5, 5.41) is 9.68. The zero-order chi connectivity index (χ0) is 13.6. The molecule has 0 saturated carbocycles. The lowest BCUT2D eigenvalue weighted by Crippen LogP contribution is -2.25. The minimum absolute atomic E-state index is 0.154. The average molecular weight is 252 g/mol. The van der Waals surface area contributed by atoms with E-state index in [2.05, 4.69) is 0 Å². The van der Waals surface area contributed by atoms with E-state index in [1.165, 1.54) is 0 Å². The Bertz CT molecular complexity index is 343. The van der Waals surface area contributed by atoms with Crippen LogP contribution in [0.3, 0.4) is 0 Å². The number of methoxy groups -OCH3 is 1. The normalized spacial score (nSPS) is 13.4. The van der Waals surface area contributed by atoms with Gasteiger partial charge in [0, 0.05) is 13.5 Å². The third kappa shape index (κ3) is 4.67. The third-order valence-corrected chi connectivity index (χ3v) is 3.18. The van der Waals surface area contributed by atoms with Crippen LogP contribution in [0.2, 0.25) is 0 Å². The van der Waals surface area contributed by atoms with Crippen LogP contribution < -0.4 is 4.74 Å². The molecule has 0 fully saturated rings. The summed E-state index contributed by atoms with van der Waals surface area (Å²) in [4.78, 5) is 0. The molecule has 0 spiro atoms. The summed E-state index contributed by atoms with van der Waals surface area (Å²) in [5.41, 5.74) is 0.778. The quantitative estimate of drug-likeness (QED) is 0.809. The second-order valence-corrected chi connectivity index (χ2v) is 5.06. The van der Waals surface area contributed by atoms with Crippen molar-refractivity contribution in [1.82, 2.24) is 0 Å².